The number of aryl methyl sites for hydroxylation is 1. The van der Waals surface area contributed by atoms with Crippen LogP contribution in [0.15, 0.2) is 12.1 Å². The number of fused-ring (bicyclic) bond motifs is 1. The van der Waals surface area contributed by atoms with Gasteiger partial charge in [-0.3, -0.25) is 0 Å². The fourth-order valence-corrected chi connectivity index (χ4v) is 2.94. The monoisotopic (exact) mass is 244 g/mol. The second kappa shape index (κ2) is 4.69. The predicted molar refractivity (Wildman–Crippen MR) is 71.4 cm³/mol. The zero-order chi connectivity index (χ0) is 12.5. The van der Waals surface area contributed by atoms with Gasteiger partial charge in [-0.05, 0) is 25.8 Å². The second-order valence-electron chi connectivity index (χ2n) is 5.27. The number of nitrogens with zero attached hydrogens (tertiary/aromatic N) is 3. The molecule has 2 aromatic heterocycles. The Morgan fingerprint density at radius 1 is 1.28 bits per heavy atom. The number of rotatable bonds is 2. The third-order valence-corrected chi connectivity index (χ3v) is 3.88. The SMILES string of the molecule is Cc1cc(CN)n2nc(C3CCCCC3)cc2n1. The zero-order valence-corrected chi connectivity index (χ0v) is 10.9. The summed E-state index contributed by atoms with van der Waals surface area (Å²) in [5.41, 5.74) is 9.97. The number of nitrogens with two attached hydrogens (primary N) is 1. The Balaban J connectivity index is 2.04. The van der Waals surface area contributed by atoms with Crippen molar-refractivity contribution in [3.63, 3.8) is 0 Å². The summed E-state index contributed by atoms with van der Waals surface area (Å²) in [6, 6.07) is 4.16. The Bertz CT molecular complexity index is 552. The van der Waals surface area contributed by atoms with Gasteiger partial charge in [-0.15, -0.1) is 0 Å². The van der Waals surface area contributed by atoms with Crippen LogP contribution in [0.1, 0.15) is 55.1 Å². The first kappa shape index (κ1) is 11.7. The number of hydrogen-bond donors (Lipinski definition) is 1. The van der Waals surface area contributed by atoms with Gasteiger partial charge in [0.2, 0.25) is 0 Å². The second-order valence-corrected chi connectivity index (χ2v) is 5.27. The largest absolute Gasteiger partial charge is 0.325 e. The molecule has 4 heteroatoms. The summed E-state index contributed by atoms with van der Waals surface area (Å²) in [6.45, 7) is 2.51. The van der Waals surface area contributed by atoms with Crippen molar-refractivity contribution in [2.75, 3.05) is 0 Å². The molecule has 18 heavy (non-hydrogen) atoms. The molecule has 0 spiro atoms. The number of hydrogen-bond acceptors (Lipinski definition) is 3. The Morgan fingerprint density at radius 2 is 2.06 bits per heavy atom. The van der Waals surface area contributed by atoms with Gasteiger partial charge in [0.15, 0.2) is 5.65 Å². The van der Waals surface area contributed by atoms with Crippen molar-refractivity contribution in [3.8, 4) is 0 Å². The Hall–Kier alpha value is -1.42. The first-order valence-electron chi connectivity index (χ1n) is 6.84. The van der Waals surface area contributed by atoms with Gasteiger partial charge in [-0.25, -0.2) is 9.50 Å². The Morgan fingerprint density at radius 3 is 2.78 bits per heavy atom. The molecule has 1 fully saturated rings. The molecule has 2 N–H and O–H groups in total. The molecule has 1 aliphatic rings. The van der Waals surface area contributed by atoms with Crippen LogP contribution in [0.4, 0.5) is 0 Å². The molecule has 0 radical (unpaired) electrons. The van der Waals surface area contributed by atoms with Crippen molar-refractivity contribution in [2.24, 2.45) is 5.73 Å². The minimum Gasteiger partial charge on any atom is -0.325 e. The van der Waals surface area contributed by atoms with Gasteiger partial charge in [0.25, 0.3) is 0 Å². The summed E-state index contributed by atoms with van der Waals surface area (Å²) in [6.07, 6.45) is 6.56. The lowest BCUT2D eigenvalue weighted by molar-refractivity contribution is 0.435. The lowest BCUT2D eigenvalue weighted by atomic mass is 9.87. The molecule has 0 aliphatic heterocycles. The van der Waals surface area contributed by atoms with Crippen LogP contribution in [0.3, 0.4) is 0 Å². The van der Waals surface area contributed by atoms with E-state index in [4.69, 9.17) is 10.8 Å². The highest BCUT2D eigenvalue weighted by Gasteiger charge is 2.19. The maximum atomic E-state index is 5.78. The van der Waals surface area contributed by atoms with E-state index in [1.165, 1.54) is 37.8 Å². The first-order valence-corrected chi connectivity index (χ1v) is 6.84. The molecule has 0 amide bonds. The van der Waals surface area contributed by atoms with Crippen LogP contribution in [0.25, 0.3) is 5.65 Å². The Kier molecular flexibility index (Phi) is 3.04. The molecule has 96 valence electrons. The molecule has 2 heterocycles. The molecular weight excluding hydrogens is 224 g/mol. The van der Waals surface area contributed by atoms with E-state index < -0.39 is 0 Å². The molecule has 1 aliphatic carbocycles. The van der Waals surface area contributed by atoms with E-state index in [-0.39, 0.29) is 0 Å². The maximum absolute atomic E-state index is 5.78. The molecular formula is C14H20N4. The number of aromatic nitrogens is 3. The average Bonchev–Trinajstić information content (AvgIpc) is 2.82. The van der Waals surface area contributed by atoms with Gasteiger partial charge in [0.1, 0.15) is 0 Å². The van der Waals surface area contributed by atoms with Crippen LogP contribution in [-0.4, -0.2) is 14.6 Å². The highest BCUT2D eigenvalue weighted by molar-refractivity contribution is 5.42. The van der Waals surface area contributed by atoms with Gasteiger partial charge in [-0.2, -0.15) is 5.10 Å². The lowest BCUT2D eigenvalue weighted by Crippen LogP contribution is -2.08. The molecule has 0 atom stereocenters. The quantitative estimate of drug-likeness (QED) is 0.883. The normalized spacial score (nSPS) is 17.4. The van der Waals surface area contributed by atoms with E-state index in [1.54, 1.807) is 0 Å². The van der Waals surface area contributed by atoms with Crippen LogP contribution >= 0.6 is 0 Å². The van der Waals surface area contributed by atoms with E-state index >= 15 is 0 Å². The van der Waals surface area contributed by atoms with E-state index in [0.717, 1.165) is 17.0 Å². The summed E-state index contributed by atoms with van der Waals surface area (Å²) >= 11 is 0. The van der Waals surface area contributed by atoms with Crippen LogP contribution in [-0.2, 0) is 6.54 Å². The molecule has 0 saturated heterocycles. The molecule has 1 saturated carbocycles. The van der Waals surface area contributed by atoms with Gasteiger partial charge in [-0.1, -0.05) is 19.3 Å². The van der Waals surface area contributed by atoms with E-state index in [9.17, 15) is 0 Å². The summed E-state index contributed by atoms with van der Waals surface area (Å²) < 4.78 is 1.91. The van der Waals surface area contributed by atoms with E-state index in [0.29, 0.717) is 12.5 Å². The molecule has 0 bridgehead atoms. The van der Waals surface area contributed by atoms with Crippen molar-refractivity contribution in [2.45, 2.75) is 51.5 Å². The summed E-state index contributed by atoms with van der Waals surface area (Å²) in [4.78, 5) is 4.54. The maximum Gasteiger partial charge on any atom is 0.155 e. The Labute approximate surface area is 107 Å². The zero-order valence-electron chi connectivity index (χ0n) is 10.9. The minimum absolute atomic E-state index is 0.506. The van der Waals surface area contributed by atoms with Gasteiger partial charge >= 0.3 is 0 Å². The summed E-state index contributed by atoms with van der Waals surface area (Å²) in [5, 5.41) is 4.72. The average molecular weight is 244 g/mol. The highest BCUT2D eigenvalue weighted by atomic mass is 15.3. The van der Waals surface area contributed by atoms with Gasteiger partial charge in [0.05, 0.1) is 11.4 Å². The molecule has 4 nitrogen and oxygen atoms in total. The smallest absolute Gasteiger partial charge is 0.155 e. The van der Waals surface area contributed by atoms with E-state index in [1.807, 2.05) is 17.5 Å². The van der Waals surface area contributed by atoms with Crippen molar-refractivity contribution in [3.05, 3.63) is 29.2 Å². The first-order chi connectivity index (χ1) is 8.78. The third-order valence-electron chi connectivity index (χ3n) is 3.88. The van der Waals surface area contributed by atoms with E-state index in [2.05, 4.69) is 11.1 Å². The standard InChI is InChI=1S/C14H20N4/c1-10-7-12(9-15)18-14(16-10)8-13(17-18)11-5-3-2-4-6-11/h7-8,11H,2-6,9,15H2,1H3. The lowest BCUT2D eigenvalue weighted by Gasteiger charge is -2.19. The summed E-state index contributed by atoms with van der Waals surface area (Å²) in [5.74, 6) is 0.617. The summed E-state index contributed by atoms with van der Waals surface area (Å²) in [7, 11) is 0. The molecule has 3 rings (SSSR count). The van der Waals surface area contributed by atoms with Crippen LogP contribution in [0.5, 0.6) is 0 Å². The third kappa shape index (κ3) is 2.01. The predicted octanol–water partition coefficient (Wildman–Crippen LogP) is 2.54. The fourth-order valence-electron chi connectivity index (χ4n) is 2.94. The van der Waals surface area contributed by atoms with Crippen molar-refractivity contribution in [1.82, 2.24) is 14.6 Å². The van der Waals surface area contributed by atoms with Crippen LogP contribution in [0.2, 0.25) is 0 Å². The topological polar surface area (TPSA) is 56.2 Å². The van der Waals surface area contributed by atoms with Crippen LogP contribution < -0.4 is 5.73 Å². The van der Waals surface area contributed by atoms with Gasteiger partial charge in [0, 0.05) is 24.2 Å². The van der Waals surface area contributed by atoms with Crippen molar-refractivity contribution >= 4 is 5.65 Å². The highest BCUT2D eigenvalue weighted by Crippen LogP contribution is 2.32. The molecule has 0 aromatic carbocycles. The minimum atomic E-state index is 0.506. The fraction of sp³-hybridized carbons (Fsp3) is 0.571. The van der Waals surface area contributed by atoms with Crippen molar-refractivity contribution in [1.29, 1.82) is 0 Å². The molecule has 0 unspecified atom stereocenters. The molecule has 2 aromatic rings. The van der Waals surface area contributed by atoms with Gasteiger partial charge < -0.3 is 5.73 Å². The van der Waals surface area contributed by atoms with Crippen LogP contribution in [0, 0.1) is 6.92 Å². The van der Waals surface area contributed by atoms with Crippen molar-refractivity contribution < 1.29 is 0 Å².